The largest absolute Gasteiger partial charge is 0.493 e. The van der Waals surface area contributed by atoms with Gasteiger partial charge in [-0.05, 0) is 59.3 Å². The summed E-state index contributed by atoms with van der Waals surface area (Å²) < 4.78 is 12.0. The molecule has 0 spiro atoms. The van der Waals surface area contributed by atoms with Gasteiger partial charge in [0.25, 0.3) is 0 Å². The fraction of sp³-hybridized carbons (Fsp3) is 0.211. The molecule has 0 saturated carbocycles. The first kappa shape index (κ1) is 23.2. The van der Waals surface area contributed by atoms with E-state index in [1.54, 1.807) is 37.3 Å². The van der Waals surface area contributed by atoms with Crippen LogP contribution in [0, 0.1) is 3.57 Å². The van der Waals surface area contributed by atoms with Gasteiger partial charge in [0.2, 0.25) is 0 Å². The molecular formula is C19H18Cl2IN3O4. The average Bonchev–Trinajstić information content (AvgIpc) is 2.68. The van der Waals surface area contributed by atoms with Crippen LogP contribution in [0.4, 0.5) is 0 Å². The van der Waals surface area contributed by atoms with E-state index < -0.39 is 11.8 Å². The Bertz CT molecular complexity index is 918. The van der Waals surface area contributed by atoms with Crippen molar-refractivity contribution in [2.45, 2.75) is 13.5 Å². The molecule has 0 aliphatic rings. The van der Waals surface area contributed by atoms with E-state index in [0.29, 0.717) is 39.2 Å². The number of ether oxygens (including phenoxy) is 2. The molecule has 0 saturated heterocycles. The number of benzene rings is 2. The minimum atomic E-state index is -0.846. The third-order valence-electron chi connectivity index (χ3n) is 3.60. The van der Waals surface area contributed by atoms with Gasteiger partial charge in [0.15, 0.2) is 11.5 Å². The molecule has 2 aromatic carbocycles. The van der Waals surface area contributed by atoms with Gasteiger partial charge in [0.05, 0.1) is 16.9 Å². The number of hydrazone groups is 1. The topological polar surface area (TPSA) is 89.0 Å². The highest BCUT2D eigenvalue weighted by Gasteiger charge is 2.14. The molecule has 0 aliphatic carbocycles. The van der Waals surface area contributed by atoms with Crippen LogP contribution < -0.4 is 20.2 Å². The van der Waals surface area contributed by atoms with Crippen LogP contribution in [0.15, 0.2) is 35.4 Å². The third-order valence-corrected chi connectivity index (χ3v) is 5.11. The molecule has 154 valence electrons. The van der Waals surface area contributed by atoms with Crippen molar-refractivity contribution in [3.8, 4) is 11.5 Å². The Hall–Kier alpha value is -2.04. The zero-order valence-corrected chi connectivity index (χ0v) is 19.3. The molecule has 0 aliphatic heterocycles. The smallest absolute Gasteiger partial charge is 0.329 e. The number of carbonyl (C=O) groups excluding carboxylic acids is 2. The van der Waals surface area contributed by atoms with Crippen LogP contribution in [0.1, 0.15) is 18.1 Å². The Kier molecular flexibility index (Phi) is 8.99. The third kappa shape index (κ3) is 6.48. The van der Waals surface area contributed by atoms with Crippen molar-refractivity contribution in [1.29, 1.82) is 0 Å². The summed E-state index contributed by atoms with van der Waals surface area (Å²) in [5.74, 6) is -0.607. The van der Waals surface area contributed by atoms with Gasteiger partial charge in [-0.15, -0.1) is 0 Å². The van der Waals surface area contributed by atoms with Crippen LogP contribution in [-0.2, 0) is 16.2 Å². The highest BCUT2D eigenvalue weighted by atomic mass is 127. The lowest BCUT2D eigenvalue weighted by molar-refractivity contribution is -0.139. The standard InChI is InChI=1S/C19H18Cl2IN3O4/c1-3-23-18(26)19(27)25-24-9-11-7-15(22)17(16(8-11)28-2)29-10-12-13(20)5-4-6-14(12)21/h4-9H,3,10H2,1-2H3,(H,23,26)(H,25,27)/b24-9-. The summed E-state index contributed by atoms with van der Waals surface area (Å²) >= 11 is 14.5. The molecule has 10 heteroatoms. The second-order valence-electron chi connectivity index (χ2n) is 5.58. The van der Waals surface area contributed by atoms with Crippen LogP contribution in [0.25, 0.3) is 0 Å². The number of hydrogen-bond acceptors (Lipinski definition) is 5. The first-order valence-electron chi connectivity index (χ1n) is 8.41. The maximum atomic E-state index is 11.5. The van der Waals surface area contributed by atoms with E-state index in [-0.39, 0.29) is 6.61 Å². The van der Waals surface area contributed by atoms with Crippen molar-refractivity contribution in [3.05, 3.63) is 55.1 Å². The maximum Gasteiger partial charge on any atom is 0.329 e. The lowest BCUT2D eigenvalue weighted by Gasteiger charge is -2.15. The summed E-state index contributed by atoms with van der Waals surface area (Å²) in [6.45, 7) is 2.24. The SMILES string of the molecule is CCNC(=O)C(=O)N/N=C\c1cc(I)c(OCc2c(Cl)cccc2Cl)c(OC)c1. The van der Waals surface area contributed by atoms with Crippen LogP contribution in [-0.4, -0.2) is 31.7 Å². The average molecular weight is 550 g/mol. The quantitative estimate of drug-likeness (QED) is 0.238. The Labute approximate surface area is 191 Å². The predicted octanol–water partition coefficient (Wildman–Crippen LogP) is 3.77. The van der Waals surface area contributed by atoms with E-state index in [4.69, 9.17) is 32.7 Å². The first-order chi connectivity index (χ1) is 13.9. The molecule has 0 unspecified atom stereocenters. The number of methoxy groups -OCH3 is 1. The van der Waals surface area contributed by atoms with Gasteiger partial charge in [-0.1, -0.05) is 29.3 Å². The van der Waals surface area contributed by atoms with E-state index in [2.05, 4.69) is 38.4 Å². The molecule has 2 aromatic rings. The lowest BCUT2D eigenvalue weighted by atomic mass is 10.2. The molecule has 0 bridgehead atoms. The Morgan fingerprint density at radius 1 is 1.21 bits per heavy atom. The highest BCUT2D eigenvalue weighted by Crippen LogP contribution is 2.35. The van der Waals surface area contributed by atoms with E-state index in [9.17, 15) is 9.59 Å². The van der Waals surface area contributed by atoms with Crippen LogP contribution in [0.5, 0.6) is 11.5 Å². The van der Waals surface area contributed by atoms with Crippen molar-refractivity contribution in [2.75, 3.05) is 13.7 Å². The molecule has 0 radical (unpaired) electrons. The minimum Gasteiger partial charge on any atom is -0.493 e. The van der Waals surface area contributed by atoms with Crippen LogP contribution in [0.3, 0.4) is 0 Å². The van der Waals surface area contributed by atoms with Gasteiger partial charge in [0.1, 0.15) is 6.61 Å². The second kappa shape index (κ2) is 11.2. The van der Waals surface area contributed by atoms with E-state index in [1.165, 1.54) is 13.3 Å². The van der Waals surface area contributed by atoms with Gasteiger partial charge >= 0.3 is 11.8 Å². The van der Waals surface area contributed by atoms with Gasteiger partial charge in [0, 0.05) is 22.2 Å². The lowest BCUT2D eigenvalue weighted by Crippen LogP contribution is -2.37. The normalized spacial score (nSPS) is 10.7. The van der Waals surface area contributed by atoms with Crippen molar-refractivity contribution < 1.29 is 19.1 Å². The predicted molar refractivity (Wildman–Crippen MR) is 121 cm³/mol. The van der Waals surface area contributed by atoms with Crippen molar-refractivity contribution in [1.82, 2.24) is 10.7 Å². The zero-order chi connectivity index (χ0) is 21.4. The number of nitrogens with one attached hydrogen (secondary N) is 2. The summed E-state index contributed by atoms with van der Waals surface area (Å²) in [5, 5.41) is 7.19. The number of carbonyl (C=O) groups is 2. The van der Waals surface area contributed by atoms with Crippen molar-refractivity contribution in [3.63, 3.8) is 0 Å². The minimum absolute atomic E-state index is 0.168. The first-order valence-corrected chi connectivity index (χ1v) is 10.2. The molecule has 0 aromatic heterocycles. The monoisotopic (exact) mass is 549 g/mol. The molecule has 2 N–H and O–H groups in total. The van der Waals surface area contributed by atoms with E-state index in [0.717, 1.165) is 3.57 Å². The van der Waals surface area contributed by atoms with E-state index in [1.807, 2.05) is 0 Å². The second-order valence-corrected chi connectivity index (χ2v) is 7.56. The number of hydrogen-bond donors (Lipinski definition) is 2. The number of halogens is 3. The molecule has 0 heterocycles. The highest BCUT2D eigenvalue weighted by molar-refractivity contribution is 14.1. The number of rotatable bonds is 7. The van der Waals surface area contributed by atoms with Gasteiger partial charge in [-0.3, -0.25) is 9.59 Å². The molecule has 7 nitrogen and oxygen atoms in total. The summed E-state index contributed by atoms with van der Waals surface area (Å²) in [7, 11) is 1.51. The number of likely N-dealkylation sites (N-methyl/N-ethyl adjacent to an activating group) is 1. The van der Waals surface area contributed by atoms with Crippen molar-refractivity contribution in [2.24, 2.45) is 5.10 Å². The Morgan fingerprint density at radius 3 is 2.52 bits per heavy atom. The number of amides is 2. The van der Waals surface area contributed by atoms with Gasteiger partial charge in [-0.25, -0.2) is 5.43 Å². The molecule has 0 atom stereocenters. The Morgan fingerprint density at radius 2 is 1.90 bits per heavy atom. The maximum absolute atomic E-state index is 11.5. The fourth-order valence-electron chi connectivity index (χ4n) is 2.23. The molecule has 2 amide bonds. The molecular weight excluding hydrogens is 532 g/mol. The van der Waals surface area contributed by atoms with Crippen LogP contribution >= 0.6 is 45.8 Å². The number of nitrogens with zero attached hydrogens (tertiary/aromatic N) is 1. The summed E-state index contributed by atoms with van der Waals surface area (Å²) in [4.78, 5) is 22.9. The van der Waals surface area contributed by atoms with Crippen molar-refractivity contribution >= 4 is 63.8 Å². The molecule has 2 rings (SSSR count). The summed E-state index contributed by atoms with van der Waals surface area (Å²) in [6.07, 6.45) is 1.40. The fourth-order valence-corrected chi connectivity index (χ4v) is 3.51. The van der Waals surface area contributed by atoms with Gasteiger partial charge in [-0.2, -0.15) is 5.10 Å². The molecule has 29 heavy (non-hydrogen) atoms. The summed E-state index contributed by atoms with van der Waals surface area (Å²) in [5.41, 5.74) is 3.48. The zero-order valence-electron chi connectivity index (χ0n) is 15.6. The molecule has 0 fully saturated rings. The van der Waals surface area contributed by atoms with E-state index >= 15 is 0 Å². The van der Waals surface area contributed by atoms with Gasteiger partial charge < -0.3 is 14.8 Å². The van der Waals surface area contributed by atoms with Crippen LogP contribution in [0.2, 0.25) is 10.0 Å². The summed E-state index contributed by atoms with van der Waals surface area (Å²) in [6, 6.07) is 8.71. The Balaban J connectivity index is 2.13.